The summed E-state index contributed by atoms with van der Waals surface area (Å²) >= 11 is 5.20. The van der Waals surface area contributed by atoms with Crippen molar-refractivity contribution in [3.05, 3.63) is 93.4 Å². The number of amides is 1. The van der Waals surface area contributed by atoms with E-state index in [-0.39, 0.29) is 5.91 Å². The first-order chi connectivity index (χ1) is 12.7. The summed E-state index contributed by atoms with van der Waals surface area (Å²) in [5, 5.41) is 3.04. The maximum Gasteiger partial charge on any atom is 0.268 e. The van der Waals surface area contributed by atoms with Crippen molar-refractivity contribution in [3.63, 3.8) is 0 Å². The average molecular weight is 425 g/mol. The number of nitrogens with zero attached hydrogens (tertiary/aromatic N) is 1. The Labute approximate surface area is 164 Å². The van der Waals surface area contributed by atoms with Crippen LogP contribution in [0.25, 0.3) is 10.2 Å². The molecule has 2 aromatic carbocycles. The molecule has 0 unspecified atom stereocenters. The van der Waals surface area contributed by atoms with Crippen molar-refractivity contribution in [3.8, 4) is 0 Å². The molecule has 4 rings (SSSR count). The lowest BCUT2D eigenvalue weighted by molar-refractivity contribution is 0.0942. The van der Waals surface area contributed by atoms with Crippen LogP contribution in [-0.4, -0.2) is 10.5 Å². The van der Waals surface area contributed by atoms with Crippen LogP contribution in [0.4, 0.5) is 0 Å². The number of hydrogen-bond donors (Lipinski definition) is 1. The summed E-state index contributed by atoms with van der Waals surface area (Å²) in [5.41, 5.74) is 4.03. The summed E-state index contributed by atoms with van der Waals surface area (Å²) in [6.45, 7) is 1.19. The molecule has 0 aliphatic heterocycles. The summed E-state index contributed by atoms with van der Waals surface area (Å²) in [6.07, 6.45) is 0. The van der Waals surface area contributed by atoms with E-state index < -0.39 is 0 Å². The van der Waals surface area contributed by atoms with E-state index in [9.17, 15) is 4.79 Å². The molecule has 0 radical (unpaired) electrons. The van der Waals surface area contributed by atoms with Gasteiger partial charge in [-0.2, -0.15) is 0 Å². The van der Waals surface area contributed by atoms with Gasteiger partial charge in [0, 0.05) is 13.1 Å². The lowest BCUT2D eigenvalue weighted by Gasteiger charge is -2.11. The van der Waals surface area contributed by atoms with Crippen molar-refractivity contribution in [2.75, 3.05) is 0 Å². The molecule has 0 atom stereocenters. The van der Waals surface area contributed by atoms with Gasteiger partial charge in [0.15, 0.2) is 0 Å². The summed E-state index contributed by atoms with van der Waals surface area (Å²) < 4.78 is 4.27. The maximum absolute atomic E-state index is 12.8. The minimum atomic E-state index is -0.0516. The first-order valence-electron chi connectivity index (χ1n) is 8.35. The van der Waals surface area contributed by atoms with E-state index in [1.54, 1.807) is 11.3 Å². The Morgan fingerprint density at radius 2 is 1.62 bits per heavy atom. The predicted octanol–water partition coefficient (Wildman–Crippen LogP) is 5.44. The highest BCUT2D eigenvalue weighted by Crippen LogP contribution is 2.33. The molecule has 0 aliphatic carbocycles. The molecule has 1 N–H and O–H groups in total. The van der Waals surface area contributed by atoms with Crippen LogP contribution in [0.3, 0.4) is 0 Å². The standard InChI is InChI=1S/C21H17BrN2OS/c22-20-12-17-19(26-20)11-18(24(17)14-16-9-5-2-6-10-16)21(25)23-13-15-7-3-1-4-8-15/h1-12H,13-14H2,(H,23,25). The molecule has 4 aromatic rings. The molecule has 0 saturated carbocycles. The molecule has 130 valence electrons. The first kappa shape index (κ1) is 17.1. The van der Waals surface area contributed by atoms with Crippen LogP contribution >= 0.6 is 27.3 Å². The molecule has 2 aromatic heterocycles. The van der Waals surface area contributed by atoms with E-state index in [1.165, 1.54) is 5.56 Å². The van der Waals surface area contributed by atoms with Crippen molar-refractivity contribution in [2.45, 2.75) is 13.1 Å². The monoisotopic (exact) mass is 424 g/mol. The SMILES string of the molecule is O=C(NCc1ccccc1)c1cc2sc(Br)cc2n1Cc1ccccc1. The number of hydrogen-bond acceptors (Lipinski definition) is 2. The lowest BCUT2D eigenvalue weighted by atomic mass is 10.2. The van der Waals surface area contributed by atoms with Crippen molar-refractivity contribution < 1.29 is 4.79 Å². The smallest absolute Gasteiger partial charge is 0.268 e. The predicted molar refractivity (Wildman–Crippen MR) is 111 cm³/mol. The molecule has 0 fully saturated rings. The van der Waals surface area contributed by atoms with E-state index in [2.05, 4.69) is 44.0 Å². The topological polar surface area (TPSA) is 34.0 Å². The largest absolute Gasteiger partial charge is 0.347 e. The molecule has 2 heterocycles. The number of carbonyl (C=O) groups is 1. The zero-order valence-corrected chi connectivity index (χ0v) is 16.4. The number of aromatic nitrogens is 1. The molecule has 5 heteroatoms. The summed E-state index contributed by atoms with van der Waals surface area (Å²) in [5.74, 6) is -0.0516. The number of nitrogens with one attached hydrogen (secondary N) is 1. The van der Waals surface area contributed by atoms with Gasteiger partial charge in [-0.3, -0.25) is 4.79 Å². The summed E-state index contributed by atoms with van der Waals surface area (Å²) in [6, 6.07) is 24.2. The number of rotatable bonds is 5. The Hall–Kier alpha value is -2.37. The Morgan fingerprint density at radius 3 is 2.31 bits per heavy atom. The van der Waals surface area contributed by atoms with E-state index in [0.717, 1.165) is 19.6 Å². The molecule has 0 bridgehead atoms. The minimum absolute atomic E-state index is 0.0516. The van der Waals surface area contributed by atoms with Crippen LogP contribution in [0.15, 0.2) is 76.6 Å². The van der Waals surface area contributed by atoms with Crippen LogP contribution in [0.5, 0.6) is 0 Å². The molecule has 1 amide bonds. The zero-order valence-electron chi connectivity index (χ0n) is 14.0. The fraction of sp³-hybridized carbons (Fsp3) is 0.0952. The van der Waals surface area contributed by atoms with E-state index >= 15 is 0 Å². The third-order valence-electron chi connectivity index (χ3n) is 4.27. The Bertz CT molecular complexity index is 1040. The van der Waals surface area contributed by atoms with Gasteiger partial charge < -0.3 is 9.88 Å². The van der Waals surface area contributed by atoms with E-state index in [4.69, 9.17) is 0 Å². The van der Waals surface area contributed by atoms with Gasteiger partial charge >= 0.3 is 0 Å². The number of halogens is 1. The van der Waals surface area contributed by atoms with Crippen molar-refractivity contribution in [1.82, 2.24) is 9.88 Å². The highest BCUT2D eigenvalue weighted by atomic mass is 79.9. The van der Waals surface area contributed by atoms with Crippen LogP contribution in [0.1, 0.15) is 21.6 Å². The number of thiophene rings is 1. The van der Waals surface area contributed by atoms with Crippen LogP contribution in [0.2, 0.25) is 0 Å². The quantitative estimate of drug-likeness (QED) is 0.454. The van der Waals surface area contributed by atoms with E-state index in [1.807, 2.05) is 54.6 Å². The van der Waals surface area contributed by atoms with Crippen LogP contribution in [0, 0.1) is 0 Å². The van der Waals surface area contributed by atoms with Gasteiger partial charge in [0.25, 0.3) is 5.91 Å². The third kappa shape index (κ3) is 3.59. The van der Waals surface area contributed by atoms with E-state index in [0.29, 0.717) is 18.8 Å². The number of fused-ring (bicyclic) bond motifs is 1. The van der Waals surface area contributed by atoms with Crippen LogP contribution in [-0.2, 0) is 13.1 Å². The Morgan fingerprint density at radius 1 is 0.962 bits per heavy atom. The third-order valence-corrected chi connectivity index (χ3v) is 5.85. The summed E-state index contributed by atoms with van der Waals surface area (Å²) in [4.78, 5) is 12.8. The molecular weight excluding hydrogens is 408 g/mol. The minimum Gasteiger partial charge on any atom is -0.347 e. The molecule has 0 spiro atoms. The highest BCUT2D eigenvalue weighted by Gasteiger charge is 2.17. The molecule has 3 nitrogen and oxygen atoms in total. The second-order valence-electron chi connectivity index (χ2n) is 6.07. The van der Waals surface area contributed by atoms with Crippen molar-refractivity contribution >= 4 is 43.4 Å². The van der Waals surface area contributed by atoms with Gasteiger partial charge in [0.2, 0.25) is 0 Å². The molecule has 0 saturated heterocycles. The van der Waals surface area contributed by atoms with Gasteiger partial charge in [-0.05, 0) is 39.2 Å². The van der Waals surface area contributed by atoms with Gasteiger partial charge in [0.1, 0.15) is 5.69 Å². The normalized spacial score (nSPS) is 11.0. The van der Waals surface area contributed by atoms with Gasteiger partial charge in [0.05, 0.1) is 14.0 Å². The number of carbonyl (C=O) groups excluding carboxylic acids is 1. The fourth-order valence-corrected chi connectivity index (χ4v) is 4.57. The lowest BCUT2D eigenvalue weighted by Crippen LogP contribution is -2.25. The molecular formula is C21H17BrN2OS. The first-order valence-corrected chi connectivity index (χ1v) is 9.96. The second kappa shape index (κ2) is 7.48. The zero-order chi connectivity index (χ0) is 17.9. The maximum atomic E-state index is 12.8. The Balaban J connectivity index is 1.64. The van der Waals surface area contributed by atoms with Crippen molar-refractivity contribution in [2.24, 2.45) is 0 Å². The number of benzene rings is 2. The average Bonchev–Trinajstić information content (AvgIpc) is 3.19. The fourth-order valence-electron chi connectivity index (χ4n) is 3.00. The van der Waals surface area contributed by atoms with Gasteiger partial charge in [-0.15, -0.1) is 11.3 Å². The highest BCUT2D eigenvalue weighted by molar-refractivity contribution is 9.11. The van der Waals surface area contributed by atoms with Crippen LogP contribution < -0.4 is 5.32 Å². The Kier molecular flexibility index (Phi) is 4.91. The summed E-state index contributed by atoms with van der Waals surface area (Å²) in [7, 11) is 0. The van der Waals surface area contributed by atoms with Gasteiger partial charge in [-0.1, -0.05) is 60.7 Å². The van der Waals surface area contributed by atoms with Gasteiger partial charge in [-0.25, -0.2) is 0 Å². The molecule has 26 heavy (non-hydrogen) atoms. The second-order valence-corrected chi connectivity index (χ2v) is 8.53. The molecule has 0 aliphatic rings. The van der Waals surface area contributed by atoms with Crippen molar-refractivity contribution in [1.29, 1.82) is 0 Å².